The molecule has 0 unspecified atom stereocenters. The van der Waals surface area contributed by atoms with Crippen LogP contribution in [0, 0.1) is 10.8 Å². The number of allylic oxidation sites excluding steroid dienone is 1. The molecule has 0 bridgehead atoms. The molecule has 0 N–H and O–H groups in total. The third-order valence-electron chi connectivity index (χ3n) is 6.12. The van der Waals surface area contributed by atoms with Crippen LogP contribution in [0.2, 0.25) is 0 Å². The van der Waals surface area contributed by atoms with Gasteiger partial charge < -0.3 is 4.90 Å². The lowest BCUT2D eigenvalue weighted by Gasteiger charge is -2.31. The van der Waals surface area contributed by atoms with Crippen LogP contribution in [0.1, 0.15) is 78.0 Å². The van der Waals surface area contributed by atoms with E-state index >= 15 is 0 Å². The zero-order valence-electron chi connectivity index (χ0n) is 20.7. The Labute approximate surface area is 186 Å². The fourth-order valence-corrected chi connectivity index (χ4v) is 3.93. The number of aryl methyl sites for hydroxylation is 1. The number of likely N-dealkylation sites (N-methyl/N-ethyl adjacent to an activating group) is 1. The molecule has 0 spiro atoms. The molecule has 0 amide bonds. The van der Waals surface area contributed by atoms with E-state index in [0.29, 0.717) is 5.41 Å². The Morgan fingerprint density at radius 2 is 1.30 bits per heavy atom. The largest absolute Gasteiger partial charge is 0.374 e. The van der Waals surface area contributed by atoms with Crippen molar-refractivity contribution in [2.24, 2.45) is 10.8 Å². The van der Waals surface area contributed by atoms with Crippen LogP contribution in [0.4, 0.5) is 0 Å². The molecule has 0 fully saturated rings. The quantitative estimate of drug-likeness (QED) is 0.430. The number of benzene rings is 2. The van der Waals surface area contributed by atoms with Crippen molar-refractivity contribution in [3.8, 4) is 0 Å². The highest BCUT2D eigenvalue weighted by Gasteiger charge is 2.21. The SMILES string of the molecule is C/C(=C(/c1ccccc1)N(C)CCc1ccccc1CCCC(C)(C)C)C(C)(C)C. The van der Waals surface area contributed by atoms with E-state index in [1.807, 2.05) is 0 Å². The second-order valence-electron chi connectivity index (χ2n) is 10.9. The molecule has 0 aromatic heterocycles. The van der Waals surface area contributed by atoms with Crippen LogP contribution in [0.25, 0.3) is 5.70 Å². The maximum absolute atomic E-state index is 2.46. The normalized spacial score (nSPS) is 13.2. The van der Waals surface area contributed by atoms with Crippen LogP contribution in [0.5, 0.6) is 0 Å². The van der Waals surface area contributed by atoms with Crippen LogP contribution in [0.3, 0.4) is 0 Å². The van der Waals surface area contributed by atoms with Gasteiger partial charge in [0.15, 0.2) is 0 Å². The molecule has 0 saturated heterocycles. The lowest BCUT2D eigenvalue weighted by Crippen LogP contribution is -2.24. The predicted octanol–water partition coefficient (Wildman–Crippen LogP) is 8.01. The third kappa shape index (κ3) is 7.35. The summed E-state index contributed by atoms with van der Waals surface area (Å²) >= 11 is 0. The van der Waals surface area contributed by atoms with Crippen LogP contribution < -0.4 is 0 Å². The maximum atomic E-state index is 2.46. The van der Waals surface area contributed by atoms with Gasteiger partial charge in [-0.1, -0.05) is 96.1 Å². The molecule has 2 aromatic carbocycles. The molecule has 0 aliphatic heterocycles. The van der Waals surface area contributed by atoms with E-state index in [0.717, 1.165) is 13.0 Å². The van der Waals surface area contributed by atoms with E-state index in [-0.39, 0.29) is 5.41 Å². The molecular weight excluding hydrogens is 362 g/mol. The van der Waals surface area contributed by atoms with E-state index in [1.165, 1.54) is 47.2 Å². The fraction of sp³-hybridized carbons (Fsp3) is 0.517. The molecule has 2 rings (SSSR count). The maximum Gasteiger partial charge on any atom is 0.0431 e. The number of hydrogen-bond acceptors (Lipinski definition) is 1. The Hall–Kier alpha value is -2.02. The average molecular weight is 406 g/mol. The van der Waals surface area contributed by atoms with Crippen molar-refractivity contribution in [1.82, 2.24) is 4.90 Å². The Balaban J connectivity index is 2.18. The van der Waals surface area contributed by atoms with Crippen LogP contribution in [-0.4, -0.2) is 18.5 Å². The summed E-state index contributed by atoms with van der Waals surface area (Å²) in [6.07, 6.45) is 4.79. The van der Waals surface area contributed by atoms with Gasteiger partial charge >= 0.3 is 0 Å². The van der Waals surface area contributed by atoms with Gasteiger partial charge in [0, 0.05) is 19.3 Å². The van der Waals surface area contributed by atoms with Crippen molar-refractivity contribution in [2.45, 2.75) is 74.1 Å². The first-order valence-electron chi connectivity index (χ1n) is 11.5. The summed E-state index contributed by atoms with van der Waals surface area (Å²) in [6.45, 7) is 17.2. The Morgan fingerprint density at radius 3 is 1.83 bits per heavy atom. The van der Waals surface area contributed by atoms with E-state index < -0.39 is 0 Å². The molecule has 164 valence electrons. The van der Waals surface area contributed by atoms with Crippen molar-refractivity contribution in [3.05, 3.63) is 76.9 Å². The highest BCUT2D eigenvalue weighted by molar-refractivity contribution is 5.67. The fourth-order valence-electron chi connectivity index (χ4n) is 3.93. The Morgan fingerprint density at radius 1 is 0.767 bits per heavy atom. The van der Waals surface area contributed by atoms with E-state index in [2.05, 4.69) is 115 Å². The molecule has 1 nitrogen and oxygen atoms in total. The second kappa shape index (κ2) is 10.3. The summed E-state index contributed by atoms with van der Waals surface area (Å²) in [7, 11) is 2.25. The molecule has 0 aliphatic carbocycles. The molecule has 0 atom stereocenters. The molecule has 2 aromatic rings. The van der Waals surface area contributed by atoms with Gasteiger partial charge in [0.25, 0.3) is 0 Å². The zero-order valence-corrected chi connectivity index (χ0v) is 20.7. The summed E-state index contributed by atoms with van der Waals surface area (Å²) in [5.41, 5.74) is 7.69. The van der Waals surface area contributed by atoms with Crippen molar-refractivity contribution >= 4 is 5.70 Å². The van der Waals surface area contributed by atoms with E-state index in [1.54, 1.807) is 0 Å². The third-order valence-corrected chi connectivity index (χ3v) is 6.12. The number of hydrogen-bond donors (Lipinski definition) is 0. The molecule has 0 aliphatic rings. The lowest BCUT2D eigenvalue weighted by atomic mass is 9.84. The van der Waals surface area contributed by atoms with Crippen molar-refractivity contribution in [2.75, 3.05) is 13.6 Å². The first-order valence-corrected chi connectivity index (χ1v) is 11.5. The van der Waals surface area contributed by atoms with E-state index in [4.69, 9.17) is 0 Å². The number of rotatable bonds is 8. The van der Waals surface area contributed by atoms with Crippen molar-refractivity contribution in [3.63, 3.8) is 0 Å². The minimum Gasteiger partial charge on any atom is -0.374 e. The Bertz CT molecular complexity index is 815. The van der Waals surface area contributed by atoms with Crippen molar-refractivity contribution < 1.29 is 0 Å². The minimum absolute atomic E-state index is 0.143. The van der Waals surface area contributed by atoms with Crippen LogP contribution in [-0.2, 0) is 12.8 Å². The van der Waals surface area contributed by atoms with Crippen LogP contribution >= 0.6 is 0 Å². The second-order valence-corrected chi connectivity index (χ2v) is 10.9. The summed E-state index contributed by atoms with van der Waals surface area (Å²) in [5.74, 6) is 0. The smallest absolute Gasteiger partial charge is 0.0431 e. The van der Waals surface area contributed by atoms with Gasteiger partial charge in [0.1, 0.15) is 0 Å². The summed E-state index contributed by atoms with van der Waals surface area (Å²) in [4.78, 5) is 2.46. The summed E-state index contributed by atoms with van der Waals surface area (Å²) in [6, 6.07) is 19.9. The van der Waals surface area contributed by atoms with Crippen LogP contribution in [0.15, 0.2) is 60.2 Å². The highest BCUT2D eigenvalue weighted by atomic mass is 15.1. The van der Waals surface area contributed by atoms with Gasteiger partial charge in [0.05, 0.1) is 0 Å². The Kier molecular flexibility index (Phi) is 8.35. The highest BCUT2D eigenvalue weighted by Crippen LogP contribution is 2.33. The van der Waals surface area contributed by atoms with Gasteiger partial charge in [-0.05, 0) is 65.7 Å². The monoisotopic (exact) mass is 405 g/mol. The lowest BCUT2D eigenvalue weighted by molar-refractivity contribution is 0.365. The molecule has 30 heavy (non-hydrogen) atoms. The molecule has 0 radical (unpaired) electrons. The van der Waals surface area contributed by atoms with Gasteiger partial charge in [-0.15, -0.1) is 0 Å². The summed E-state index contributed by atoms with van der Waals surface area (Å²) in [5, 5.41) is 0. The minimum atomic E-state index is 0.143. The number of nitrogens with zero attached hydrogens (tertiary/aromatic N) is 1. The average Bonchev–Trinajstić information content (AvgIpc) is 2.66. The standard InChI is InChI=1S/C29H43N/c1-23(29(5,6)7)27(26-17-10-9-11-18-26)30(8)22-20-25-16-13-12-15-24(25)19-14-21-28(2,3)4/h9-13,15-18H,14,19-22H2,1-8H3/b27-23+. The molecule has 0 heterocycles. The van der Waals surface area contributed by atoms with Gasteiger partial charge in [-0.3, -0.25) is 0 Å². The van der Waals surface area contributed by atoms with Gasteiger partial charge in [-0.2, -0.15) is 0 Å². The van der Waals surface area contributed by atoms with Gasteiger partial charge in [-0.25, -0.2) is 0 Å². The topological polar surface area (TPSA) is 3.24 Å². The van der Waals surface area contributed by atoms with Crippen molar-refractivity contribution in [1.29, 1.82) is 0 Å². The molecule has 1 heteroatoms. The van der Waals surface area contributed by atoms with E-state index in [9.17, 15) is 0 Å². The molecule has 0 saturated carbocycles. The molecular formula is C29H43N. The first kappa shape index (κ1) is 24.3. The predicted molar refractivity (Wildman–Crippen MR) is 134 cm³/mol. The first-order chi connectivity index (χ1) is 14.0. The zero-order chi connectivity index (χ0) is 22.4. The summed E-state index contributed by atoms with van der Waals surface area (Å²) < 4.78 is 0. The van der Waals surface area contributed by atoms with Gasteiger partial charge in [0.2, 0.25) is 0 Å².